The topological polar surface area (TPSA) is 46.2 Å². The van der Waals surface area contributed by atoms with Gasteiger partial charge in [-0.2, -0.15) is 0 Å². The van der Waals surface area contributed by atoms with Crippen molar-refractivity contribution in [2.75, 3.05) is 13.2 Å². The van der Waals surface area contributed by atoms with E-state index in [1.54, 1.807) is 0 Å². The zero-order chi connectivity index (χ0) is 19.8. The Morgan fingerprint density at radius 1 is 0.679 bits per heavy atom. The van der Waals surface area contributed by atoms with E-state index in [9.17, 15) is 0 Å². The average molecular weight is 394 g/mol. The maximum atomic E-state index is 9.05. The summed E-state index contributed by atoms with van der Waals surface area (Å²) in [5, 5.41) is 9.80. The summed E-state index contributed by atoms with van der Waals surface area (Å²) in [5.41, 5.74) is 12.0. The summed E-state index contributed by atoms with van der Waals surface area (Å²) in [6, 6.07) is 25.7. The molecule has 28 heavy (non-hydrogen) atoms. The van der Waals surface area contributed by atoms with Crippen LogP contribution in [0, 0.1) is 0 Å². The molecule has 3 aromatic carbocycles. The first-order valence-electron chi connectivity index (χ1n) is 9.95. The van der Waals surface area contributed by atoms with Gasteiger partial charge in [0.15, 0.2) is 0 Å². The minimum Gasteiger partial charge on any atom is -0.396 e. The van der Waals surface area contributed by atoms with Crippen molar-refractivity contribution in [3.8, 4) is 0 Å². The van der Waals surface area contributed by atoms with Gasteiger partial charge in [-0.3, -0.25) is 0 Å². The number of hydrogen-bond donors (Lipinski definition) is 2. The van der Waals surface area contributed by atoms with Gasteiger partial charge >= 0.3 is 0 Å². The molecule has 0 aliphatic rings. The fraction of sp³-hybridized carbons (Fsp3) is 0.280. The Hall–Kier alpha value is -2.13. The van der Waals surface area contributed by atoms with Crippen molar-refractivity contribution in [1.29, 1.82) is 0 Å². The normalized spacial score (nSPS) is 12.1. The van der Waals surface area contributed by atoms with Crippen LogP contribution in [0.3, 0.4) is 0 Å². The van der Waals surface area contributed by atoms with Gasteiger partial charge < -0.3 is 10.8 Å². The van der Waals surface area contributed by atoms with E-state index in [1.165, 1.54) is 27.8 Å². The van der Waals surface area contributed by atoms with E-state index in [1.807, 2.05) is 12.1 Å². The molecule has 0 heterocycles. The molecule has 0 aliphatic heterocycles. The number of rotatable bonds is 9. The zero-order valence-electron chi connectivity index (χ0n) is 16.2. The first kappa shape index (κ1) is 20.6. The van der Waals surface area contributed by atoms with Gasteiger partial charge in [0, 0.05) is 17.5 Å². The monoisotopic (exact) mass is 393 g/mol. The smallest absolute Gasteiger partial charge is 0.0434 e. The zero-order valence-corrected chi connectivity index (χ0v) is 16.9. The van der Waals surface area contributed by atoms with Crippen molar-refractivity contribution in [1.82, 2.24) is 0 Å². The molecule has 0 radical (unpaired) electrons. The van der Waals surface area contributed by atoms with Gasteiger partial charge in [-0.1, -0.05) is 72.3 Å². The number of aliphatic hydroxyl groups is 1. The first-order chi connectivity index (χ1) is 13.7. The molecule has 146 valence electrons. The van der Waals surface area contributed by atoms with Crippen LogP contribution < -0.4 is 5.73 Å². The van der Waals surface area contributed by atoms with E-state index in [-0.39, 0.29) is 12.5 Å². The Balaban J connectivity index is 1.92. The van der Waals surface area contributed by atoms with Gasteiger partial charge in [-0.25, -0.2) is 0 Å². The quantitative estimate of drug-likeness (QED) is 0.482. The average Bonchev–Trinajstić information content (AvgIpc) is 2.74. The van der Waals surface area contributed by atoms with Crippen molar-refractivity contribution in [2.24, 2.45) is 5.73 Å². The summed E-state index contributed by atoms with van der Waals surface area (Å²) < 4.78 is 0. The molecule has 0 bridgehead atoms. The summed E-state index contributed by atoms with van der Waals surface area (Å²) in [6.07, 6.45) is 3.72. The number of aryl methyl sites for hydroxylation is 2. The SMILES string of the molecule is NCCCc1ccc(C(c2ccc(Cl)cc2)c2ccc(CCCO)cc2)cc1. The van der Waals surface area contributed by atoms with E-state index in [2.05, 4.69) is 60.7 Å². The van der Waals surface area contributed by atoms with Crippen molar-refractivity contribution < 1.29 is 5.11 Å². The standard InChI is InChI=1S/C25H28ClNO/c26-24-15-13-23(14-16-24)25(21-9-5-19(6-10-21)3-1-17-27)22-11-7-20(8-12-22)4-2-18-28/h5-16,25,28H,1-4,17-18,27H2. The van der Waals surface area contributed by atoms with Crippen molar-refractivity contribution in [2.45, 2.75) is 31.6 Å². The number of benzene rings is 3. The number of aliphatic hydroxyl groups excluding tert-OH is 1. The Morgan fingerprint density at radius 2 is 1.11 bits per heavy atom. The Bertz CT molecular complexity index is 790. The molecule has 3 heteroatoms. The summed E-state index contributed by atoms with van der Waals surface area (Å²) in [7, 11) is 0. The molecular formula is C25H28ClNO. The van der Waals surface area contributed by atoms with E-state index in [0.29, 0.717) is 0 Å². The van der Waals surface area contributed by atoms with Crippen LogP contribution in [0.1, 0.15) is 46.6 Å². The van der Waals surface area contributed by atoms with E-state index >= 15 is 0 Å². The van der Waals surface area contributed by atoms with E-state index in [0.717, 1.165) is 37.3 Å². The molecule has 1 atom stereocenters. The van der Waals surface area contributed by atoms with Gasteiger partial charge in [0.25, 0.3) is 0 Å². The minimum absolute atomic E-state index is 0.160. The highest BCUT2D eigenvalue weighted by Gasteiger charge is 2.17. The molecule has 0 aromatic heterocycles. The lowest BCUT2D eigenvalue weighted by molar-refractivity contribution is 0.288. The van der Waals surface area contributed by atoms with Crippen LogP contribution >= 0.6 is 11.6 Å². The van der Waals surface area contributed by atoms with Gasteiger partial charge in [-0.05, 0) is 72.2 Å². The van der Waals surface area contributed by atoms with Crippen molar-refractivity contribution >= 4 is 11.6 Å². The Labute approximate surface area is 173 Å². The first-order valence-corrected chi connectivity index (χ1v) is 10.3. The van der Waals surface area contributed by atoms with Gasteiger partial charge in [-0.15, -0.1) is 0 Å². The summed E-state index contributed by atoms with van der Waals surface area (Å²) >= 11 is 6.12. The lowest BCUT2D eigenvalue weighted by atomic mass is 9.84. The highest BCUT2D eigenvalue weighted by molar-refractivity contribution is 6.30. The second kappa shape index (κ2) is 10.4. The lowest BCUT2D eigenvalue weighted by Gasteiger charge is -2.20. The summed E-state index contributed by atoms with van der Waals surface area (Å²) in [6.45, 7) is 0.948. The van der Waals surface area contributed by atoms with Crippen LogP contribution in [0.4, 0.5) is 0 Å². The molecule has 3 aromatic rings. The highest BCUT2D eigenvalue weighted by atomic mass is 35.5. The number of halogens is 1. The molecule has 0 aliphatic carbocycles. The largest absolute Gasteiger partial charge is 0.396 e. The third kappa shape index (κ3) is 5.45. The molecule has 0 saturated heterocycles. The molecule has 0 saturated carbocycles. The molecular weight excluding hydrogens is 366 g/mol. The predicted molar refractivity (Wildman–Crippen MR) is 118 cm³/mol. The van der Waals surface area contributed by atoms with E-state index < -0.39 is 0 Å². The second-order valence-corrected chi connectivity index (χ2v) is 7.62. The van der Waals surface area contributed by atoms with Gasteiger partial charge in [0.2, 0.25) is 0 Å². The molecule has 3 N–H and O–H groups in total. The maximum absolute atomic E-state index is 9.05. The van der Waals surface area contributed by atoms with Gasteiger partial charge in [0.05, 0.1) is 0 Å². The van der Waals surface area contributed by atoms with Gasteiger partial charge in [0.1, 0.15) is 0 Å². The van der Waals surface area contributed by atoms with Crippen LogP contribution in [0.5, 0.6) is 0 Å². The maximum Gasteiger partial charge on any atom is 0.0434 e. The van der Waals surface area contributed by atoms with E-state index in [4.69, 9.17) is 22.4 Å². The minimum atomic E-state index is 0.160. The molecule has 1 unspecified atom stereocenters. The van der Waals surface area contributed by atoms with Crippen molar-refractivity contribution in [3.05, 3.63) is 106 Å². The van der Waals surface area contributed by atoms with Crippen LogP contribution in [0.2, 0.25) is 5.02 Å². The molecule has 0 spiro atoms. The van der Waals surface area contributed by atoms with Crippen molar-refractivity contribution in [3.63, 3.8) is 0 Å². The molecule has 3 rings (SSSR count). The van der Waals surface area contributed by atoms with Crippen LogP contribution in [-0.4, -0.2) is 18.3 Å². The molecule has 0 fully saturated rings. The molecule has 2 nitrogen and oxygen atoms in total. The fourth-order valence-corrected chi connectivity index (χ4v) is 3.70. The number of hydrogen-bond acceptors (Lipinski definition) is 2. The predicted octanol–water partition coefficient (Wildman–Crippen LogP) is 5.34. The van der Waals surface area contributed by atoms with Crippen LogP contribution in [-0.2, 0) is 12.8 Å². The lowest BCUT2D eigenvalue weighted by Crippen LogP contribution is -2.04. The molecule has 0 amide bonds. The fourth-order valence-electron chi connectivity index (χ4n) is 3.58. The third-order valence-corrected chi connectivity index (χ3v) is 5.37. The Morgan fingerprint density at radius 3 is 1.54 bits per heavy atom. The number of nitrogens with two attached hydrogens (primary N) is 1. The summed E-state index contributed by atoms with van der Waals surface area (Å²) in [4.78, 5) is 0. The third-order valence-electron chi connectivity index (χ3n) is 5.12. The Kier molecular flexibility index (Phi) is 7.67. The summed E-state index contributed by atoms with van der Waals surface area (Å²) in [5.74, 6) is 0.160. The van der Waals surface area contributed by atoms with Crippen LogP contribution in [0.15, 0.2) is 72.8 Å². The van der Waals surface area contributed by atoms with Crippen LogP contribution in [0.25, 0.3) is 0 Å². The highest BCUT2D eigenvalue weighted by Crippen LogP contribution is 2.33. The second-order valence-electron chi connectivity index (χ2n) is 7.19.